The summed E-state index contributed by atoms with van der Waals surface area (Å²) in [6.45, 7) is 1.83. The van der Waals surface area contributed by atoms with Crippen molar-refractivity contribution in [1.29, 1.82) is 0 Å². The maximum atomic E-state index is 11.8. The van der Waals surface area contributed by atoms with Crippen molar-refractivity contribution in [3.8, 4) is 0 Å². The SMILES string of the molecule is CC(=O)Nc1cccc(CNC(=O)c2ccccn2)c1. The third-order valence-electron chi connectivity index (χ3n) is 2.60. The minimum absolute atomic E-state index is 0.125. The third-order valence-corrected chi connectivity index (χ3v) is 2.60. The molecule has 2 amide bonds. The molecular weight excluding hydrogens is 254 g/mol. The Balaban J connectivity index is 1.97. The Bertz CT molecular complexity index is 612. The summed E-state index contributed by atoms with van der Waals surface area (Å²) < 4.78 is 0. The molecule has 2 N–H and O–H groups in total. The molecule has 0 spiro atoms. The van der Waals surface area contributed by atoms with Crippen molar-refractivity contribution >= 4 is 17.5 Å². The van der Waals surface area contributed by atoms with Crippen molar-refractivity contribution in [3.63, 3.8) is 0 Å². The van der Waals surface area contributed by atoms with Crippen molar-refractivity contribution in [2.45, 2.75) is 13.5 Å². The molecule has 0 fully saturated rings. The van der Waals surface area contributed by atoms with Gasteiger partial charge in [0.15, 0.2) is 0 Å². The Labute approximate surface area is 117 Å². The highest BCUT2D eigenvalue weighted by molar-refractivity contribution is 5.92. The molecule has 20 heavy (non-hydrogen) atoms. The fraction of sp³-hybridized carbons (Fsp3) is 0.133. The van der Waals surface area contributed by atoms with Gasteiger partial charge in [0, 0.05) is 25.4 Å². The second-order valence-corrected chi connectivity index (χ2v) is 4.28. The minimum atomic E-state index is -0.226. The molecule has 1 heterocycles. The highest BCUT2D eigenvalue weighted by atomic mass is 16.2. The van der Waals surface area contributed by atoms with Crippen LogP contribution in [0.25, 0.3) is 0 Å². The zero-order valence-electron chi connectivity index (χ0n) is 11.1. The van der Waals surface area contributed by atoms with Crippen LogP contribution >= 0.6 is 0 Å². The summed E-state index contributed by atoms with van der Waals surface area (Å²) in [6, 6.07) is 12.5. The fourth-order valence-corrected chi connectivity index (χ4v) is 1.73. The van der Waals surface area contributed by atoms with Crippen LogP contribution in [0.5, 0.6) is 0 Å². The van der Waals surface area contributed by atoms with Gasteiger partial charge in [0.1, 0.15) is 5.69 Å². The molecule has 2 rings (SSSR count). The van der Waals surface area contributed by atoms with Crippen LogP contribution in [0.2, 0.25) is 0 Å². The number of anilines is 1. The molecule has 5 heteroatoms. The van der Waals surface area contributed by atoms with E-state index < -0.39 is 0 Å². The topological polar surface area (TPSA) is 71.1 Å². The molecule has 0 radical (unpaired) electrons. The van der Waals surface area contributed by atoms with Gasteiger partial charge >= 0.3 is 0 Å². The second kappa shape index (κ2) is 6.47. The molecule has 0 atom stereocenters. The largest absolute Gasteiger partial charge is 0.347 e. The molecule has 0 saturated heterocycles. The van der Waals surface area contributed by atoms with Crippen molar-refractivity contribution in [2.24, 2.45) is 0 Å². The minimum Gasteiger partial charge on any atom is -0.347 e. The first kappa shape index (κ1) is 13.7. The van der Waals surface area contributed by atoms with Crippen LogP contribution in [-0.2, 0) is 11.3 Å². The number of aromatic nitrogens is 1. The van der Waals surface area contributed by atoms with E-state index in [1.165, 1.54) is 6.92 Å². The Hall–Kier alpha value is -2.69. The average Bonchev–Trinajstić information content (AvgIpc) is 2.45. The first-order chi connectivity index (χ1) is 9.65. The Morgan fingerprint density at radius 1 is 1.15 bits per heavy atom. The van der Waals surface area contributed by atoms with Crippen molar-refractivity contribution in [1.82, 2.24) is 10.3 Å². The lowest BCUT2D eigenvalue weighted by molar-refractivity contribution is -0.114. The van der Waals surface area contributed by atoms with Crippen LogP contribution in [0, 0.1) is 0 Å². The van der Waals surface area contributed by atoms with E-state index in [4.69, 9.17) is 0 Å². The van der Waals surface area contributed by atoms with Gasteiger partial charge in [-0.2, -0.15) is 0 Å². The quantitative estimate of drug-likeness (QED) is 0.891. The number of nitrogens with one attached hydrogen (secondary N) is 2. The number of hydrogen-bond acceptors (Lipinski definition) is 3. The van der Waals surface area contributed by atoms with E-state index in [0.717, 1.165) is 5.56 Å². The molecule has 0 aliphatic heterocycles. The van der Waals surface area contributed by atoms with Gasteiger partial charge < -0.3 is 10.6 Å². The standard InChI is InChI=1S/C15H15N3O2/c1-11(19)18-13-6-4-5-12(9-13)10-17-15(20)14-7-2-3-8-16-14/h2-9H,10H2,1H3,(H,17,20)(H,18,19). The van der Waals surface area contributed by atoms with Gasteiger partial charge in [-0.15, -0.1) is 0 Å². The van der Waals surface area contributed by atoms with Gasteiger partial charge in [-0.05, 0) is 29.8 Å². The molecule has 1 aromatic carbocycles. The molecule has 5 nitrogen and oxygen atoms in total. The molecule has 0 saturated carbocycles. The number of hydrogen-bond donors (Lipinski definition) is 2. The third kappa shape index (κ3) is 3.91. The van der Waals surface area contributed by atoms with Gasteiger partial charge in [-0.1, -0.05) is 18.2 Å². The van der Waals surface area contributed by atoms with Gasteiger partial charge in [0.25, 0.3) is 5.91 Å². The zero-order valence-corrected chi connectivity index (χ0v) is 11.1. The fourth-order valence-electron chi connectivity index (χ4n) is 1.73. The Morgan fingerprint density at radius 2 is 2.00 bits per heavy atom. The first-order valence-electron chi connectivity index (χ1n) is 6.21. The summed E-state index contributed by atoms with van der Waals surface area (Å²) in [7, 11) is 0. The number of carbonyl (C=O) groups is 2. The van der Waals surface area contributed by atoms with Crippen LogP contribution in [0.1, 0.15) is 23.0 Å². The predicted octanol–water partition coefficient (Wildman–Crippen LogP) is 1.97. The number of nitrogens with zero attached hydrogens (tertiary/aromatic N) is 1. The van der Waals surface area contributed by atoms with Crippen LogP contribution in [0.15, 0.2) is 48.7 Å². The monoisotopic (exact) mass is 269 g/mol. The lowest BCUT2D eigenvalue weighted by atomic mass is 10.2. The molecule has 102 valence electrons. The summed E-state index contributed by atoms with van der Waals surface area (Å²) >= 11 is 0. The summed E-state index contributed by atoms with van der Waals surface area (Å²) in [5, 5.41) is 5.48. The maximum Gasteiger partial charge on any atom is 0.270 e. The number of amides is 2. The Kier molecular flexibility index (Phi) is 4.44. The van der Waals surface area contributed by atoms with E-state index >= 15 is 0 Å². The number of carbonyl (C=O) groups excluding carboxylic acids is 2. The van der Waals surface area contributed by atoms with Crippen LogP contribution in [0.3, 0.4) is 0 Å². The van der Waals surface area contributed by atoms with Crippen molar-refractivity contribution < 1.29 is 9.59 Å². The van der Waals surface area contributed by atoms with Crippen LogP contribution in [-0.4, -0.2) is 16.8 Å². The predicted molar refractivity (Wildman–Crippen MR) is 76.2 cm³/mol. The first-order valence-corrected chi connectivity index (χ1v) is 6.21. The second-order valence-electron chi connectivity index (χ2n) is 4.28. The summed E-state index contributed by atoms with van der Waals surface area (Å²) in [5.74, 6) is -0.352. The number of benzene rings is 1. The van der Waals surface area contributed by atoms with Crippen LogP contribution < -0.4 is 10.6 Å². The molecule has 1 aromatic heterocycles. The van der Waals surface area contributed by atoms with E-state index in [9.17, 15) is 9.59 Å². The highest BCUT2D eigenvalue weighted by Crippen LogP contribution is 2.10. The van der Waals surface area contributed by atoms with Gasteiger partial charge in [-0.25, -0.2) is 0 Å². The van der Waals surface area contributed by atoms with Crippen molar-refractivity contribution in [3.05, 3.63) is 59.9 Å². The lowest BCUT2D eigenvalue weighted by Crippen LogP contribution is -2.23. The summed E-state index contributed by atoms with van der Waals surface area (Å²) in [6.07, 6.45) is 1.58. The smallest absolute Gasteiger partial charge is 0.270 e. The van der Waals surface area contributed by atoms with Gasteiger partial charge in [-0.3, -0.25) is 14.6 Å². The molecule has 2 aromatic rings. The van der Waals surface area contributed by atoms with Gasteiger partial charge in [0.2, 0.25) is 5.91 Å². The number of rotatable bonds is 4. The van der Waals surface area contributed by atoms with Crippen LogP contribution in [0.4, 0.5) is 5.69 Å². The normalized spacial score (nSPS) is 9.85. The van der Waals surface area contributed by atoms with E-state index in [2.05, 4.69) is 15.6 Å². The van der Waals surface area contributed by atoms with E-state index in [0.29, 0.717) is 17.9 Å². The maximum absolute atomic E-state index is 11.8. The Morgan fingerprint density at radius 3 is 2.70 bits per heavy atom. The molecule has 0 aliphatic rings. The van der Waals surface area contributed by atoms with Crippen molar-refractivity contribution in [2.75, 3.05) is 5.32 Å². The molecular formula is C15H15N3O2. The number of pyridine rings is 1. The molecule has 0 unspecified atom stereocenters. The van der Waals surface area contributed by atoms with E-state index in [1.807, 2.05) is 18.2 Å². The summed E-state index contributed by atoms with van der Waals surface area (Å²) in [4.78, 5) is 26.8. The summed E-state index contributed by atoms with van der Waals surface area (Å²) in [5.41, 5.74) is 1.99. The van der Waals surface area contributed by atoms with E-state index in [1.54, 1.807) is 30.5 Å². The lowest BCUT2D eigenvalue weighted by Gasteiger charge is -2.07. The highest BCUT2D eigenvalue weighted by Gasteiger charge is 2.05. The molecule has 0 bridgehead atoms. The zero-order chi connectivity index (χ0) is 14.4. The van der Waals surface area contributed by atoms with E-state index in [-0.39, 0.29) is 11.8 Å². The van der Waals surface area contributed by atoms with Gasteiger partial charge in [0.05, 0.1) is 0 Å². The average molecular weight is 269 g/mol. The molecule has 0 aliphatic carbocycles.